The molecule has 7 heteroatoms. The second-order valence-corrected chi connectivity index (χ2v) is 9.57. The molecule has 2 heterocycles. The molecule has 0 radical (unpaired) electrons. The summed E-state index contributed by atoms with van der Waals surface area (Å²) >= 11 is 5.76. The number of benzene rings is 2. The van der Waals surface area contributed by atoms with Crippen molar-refractivity contribution in [1.82, 2.24) is 10.3 Å². The van der Waals surface area contributed by atoms with Gasteiger partial charge in [-0.1, -0.05) is 12.1 Å². The van der Waals surface area contributed by atoms with Crippen LogP contribution >= 0.6 is 11.6 Å². The first-order chi connectivity index (χ1) is 16.7. The average Bonchev–Trinajstić information content (AvgIpc) is 2.83. The number of aromatic nitrogens is 1. The van der Waals surface area contributed by atoms with Gasteiger partial charge in [-0.15, -0.1) is 11.6 Å². The maximum Gasteiger partial charge on any atom is 0.319 e. The summed E-state index contributed by atoms with van der Waals surface area (Å²) in [6, 6.07) is 13.3. The molecule has 1 aliphatic carbocycles. The van der Waals surface area contributed by atoms with E-state index in [2.05, 4.69) is 15.6 Å². The Labute approximate surface area is 205 Å². The number of carbonyl (C=O) groups is 1. The molecule has 5 rings (SSSR count). The number of hydrogen-bond acceptors (Lipinski definition) is 4. The molecule has 1 aliphatic heterocycles. The Morgan fingerprint density at radius 3 is 2.91 bits per heavy atom. The highest BCUT2D eigenvalue weighted by molar-refractivity contribution is 6.17. The molecule has 178 valence electrons. The minimum absolute atomic E-state index is 0.152. The van der Waals surface area contributed by atoms with Crippen LogP contribution in [0.25, 0.3) is 10.8 Å². The molecule has 2 N–H and O–H groups in total. The molecule has 2 aromatic carbocycles. The molecule has 1 atom stereocenters. The van der Waals surface area contributed by atoms with Crippen LogP contribution in [0.5, 0.6) is 11.5 Å². The number of halogens is 1. The van der Waals surface area contributed by atoms with E-state index in [1.54, 1.807) is 12.4 Å². The molecule has 1 saturated carbocycles. The van der Waals surface area contributed by atoms with Crippen molar-refractivity contribution in [2.75, 3.05) is 17.8 Å². The van der Waals surface area contributed by atoms with Crippen LogP contribution in [0, 0.1) is 0 Å². The van der Waals surface area contributed by atoms with Gasteiger partial charge in [0.2, 0.25) is 0 Å². The standard InChI is InChI=1S/C27H30ClN3O3/c28-13-2-1-3-15-33-20-8-9-25-22(16-20)24(17-27(34-25)11-5-12-27)31-26(32)30-23-7-4-6-19-18-29-14-10-21(19)23/h4,6-10,14,16,18,24H,1-3,5,11-13,15,17H2,(H2,30,31,32). The van der Waals surface area contributed by atoms with Crippen molar-refractivity contribution in [3.8, 4) is 11.5 Å². The Kier molecular flexibility index (Phi) is 6.77. The molecule has 3 aromatic rings. The van der Waals surface area contributed by atoms with Crippen LogP contribution < -0.4 is 20.1 Å². The number of unbranched alkanes of at least 4 members (excludes halogenated alkanes) is 2. The SMILES string of the molecule is O=C(Nc1cccc2cnccc12)NC1CC2(CCC2)Oc2ccc(OCCCCCCl)cc21. The third-order valence-electron chi connectivity index (χ3n) is 6.81. The fourth-order valence-corrected chi connectivity index (χ4v) is 5.05. The highest BCUT2D eigenvalue weighted by Gasteiger charge is 2.46. The molecule has 1 fully saturated rings. The predicted molar refractivity (Wildman–Crippen MR) is 135 cm³/mol. The summed E-state index contributed by atoms with van der Waals surface area (Å²) in [5, 5.41) is 8.18. The van der Waals surface area contributed by atoms with Crippen molar-refractivity contribution in [2.45, 2.75) is 56.6 Å². The summed E-state index contributed by atoms with van der Waals surface area (Å²) in [5.74, 6) is 2.32. The molecular weight excluding hydrogens is 450 g/mol. The number of urea groups is 1. The van der Waals surface area contributed by atoms with E-state index in [1.807, 2.05) is 42.5 Å². The quantitative estimate of drug-likeness (QED) is 0.282. The molecule has 1 aromatic heterocycles. The number of pyridine rings is 1. The van der Waals surface area contributed by atoms with Gasteiger partial charge in [-0.05, 0) is 68.9 Å². The first-order valence-electron chi connectivity index (χ1n) is 12.1. The monoisotopic (exact) mass is 479 g/mol. The van der Waals surface area contributed by atoms with Crippen LogP contribution in [0.2, 0.25) is 0 Å². The van der Waals surface area contributed by atoms with Crippen LogP contribution in [-0.4, -0.2) is 29.1 Å². The van der Waals surface area contributed by atoms with Crippen molar-refractivity contribution in [3.05, 3.63) is 60.4 Å². The Morgan fingerprint density at radius 2 is 2.09 bits per heavy atom. The van der Waals surface area contributed by atoms with E-state index >= 15 is 0 Å². The Balaban J connectivity index is 1.32. The zero-order valence-electron chi connectivity index (χ0n) is 19.2. The predicted octanol–water partition coefficient (Wildman–Crippen LogP) is 6.59. The molecule has 0 bridgehead atoms. The zero-order valence-corrected chi connectivity index (χ0v) is 19.9. The largest absolute Gasteiger partial charge is 0.494 e. The zero-order chi connectivity index (χ0) is 23.4. The van der Waals surface area contributed by atoms with Gasteiger partial charge in [-0.2, -0.15) is 0 Å². The number of anilines is 1. The van der Waals surface area contributed by atoms with Gasteiger partial charge in [0.25, 0.3) is 0 Å². The maximum absolute atomic E-state index is 13.1. The molecular formula is C27H30ClN3O3. The minimum Gasteiger partial charge on any atom is -0.494 e. The number of nitrogens with one attached hydrogen (secondary N) is 2. The first kappa shape index (κ1) is 22.8. The lowest BCUT2D eigenvalue weighted by molar-refractivity contribution is -0.0355. The highest BCUT2D eigenvalue weighted by Crippen LogP contribution is 2.49. The summed E-state index contributed by atoms with van der Waals surface area (Å²) in [7, 11) is 0. The van der Waals surface area contributed by atoms with E-state index in [4.69, 9.17) is 21.1 Å². The van der Waals surface area contributed by atoms with Gasteiger partial charge < -0.3 is 20.1 Å². The minimum atomic E-state index is -0.232. The number of hydrogen-bond donors (Lipinski definition) is 2. The van der Waals surface area contributed by atoms with Crippen LogP contribution in [0.4, 0.5) is 10.5 Å². The van der Waals surface area contributed by atoms with Gasteiger partial charge in [0.05, 0.1) is 18.3 Å². The van der Waals surface area contributed by atoms with Crippen molar-refractivity contribution < 1.29 is 14.3 Å². The molecule has 1 spiro atoms. The highest BCUT2D eigenvalue weighted by atomic mass is 35.5. The van der Waals surface area contributed by atoms with Gasteiger partial charge in [-0.3, -0.25) is 4.98 Å². The lowest BCUT2D eigenvalue weighted by Crippen LogP contribution is -2.50. The summed E-state index contributed by atoms with van der Waals surface area (Å²) in [6.45, 7) is 0.648. The molecule has 2 amide bonds. The number of ether oxygens (including phenoxy) is 2. The van der Waals surface area contributed by atoms with Gasteiger partial charge in [0.15, 0.2) is 0 Å². The number of nitrogens with zero attached hydrogens (tertiary/aromatic N) is 1. The van der Waals surface area contributed by atoms with Crippen molar-refractivity contribution in [2.24, 2.45) is 0 Å². The van der Waals surface area contributed by atoms with Gasteiger partial charge in [0.1, 0.15) is 17.1 Å². The molecule has 0 saturated heterocycles. The third kappa shape index (κ3) is 4.92. The van der Waals surface area contributed by atoms with E-state index in [9.17, 15) is 4.79 Å². The number of rotatable bonds is 8. The first-order valence-corrected chi connectivity index (χ1v) is 12.6. The Morgan fingerprint density at radius 1 is 1.18 bits per heavy atom. The molecule has 1 unspecified atom stereocenters. The van der Waals surface area contributed by atoms with Crippen LogP contribution in [0.1, 0.15) is 56.6 Å². The molecule has 2 aliphatic rings. The van der Waals surface area contributed by atoms with E-state index in [-0.39, 0.29) is 17.7 Å². The third-order valence-corrected chi connectivity index (χ3v) is 7.07. The van der Waals surface area contributed by atoms with Gasteiger partial charge in [-0.25, -0.2) is 4.79 Å². The van der Waals surface area contributed by atoms with Gasteiger partial charge >= 0.3 is 6.03 Å². The number of alkyl halides is 1. The number of fused-ring (bicyclic) bond motifs is 2. The van der Waals surface area contributed by atoms with Crippen LogP contribution in [-0.2, 0) is 0 Å². The number of carbonyl (C=O) groups excluding carboxylic acids is 1. The van der Waals surface area contributed by atoms with Crippen molar-refractivity contribution >= 4 is 34.1 Å². The Bertz CT molecular complexity index is 1160. The van der Waals surface area contributed by atoms with Crippen LogP contribution in [0.3, 0.4) is 0 Å². The summed E-state index contributed by atoms with van der Waals surface area (Å²) in [6.07, 6.45) is 10.5. The molecule has 6 nitrogen and oxygen atoms in total. The Hall–Kier alpha value is -2.99. The second kappa shape index (κ2) is 10.1. The van der Waals surface area contributed by atoms with E-state index in [0.717, 1.165) is 78.5 Å². The van der Waals surface area contributed by atoms with E-state index < -0.39 is 0 Å². The fraction of sp³-hybridized carbons (Fsp3) is 0.407. The fourth-order valence-electron chi connectivity index (χ4n) is 4.86. The van der Waals surface area contributed by atoms with Crippen molar-refractivity contribution in [3.63, 3.8) is 0 Å². The van der Waals surface area contributed by atoms with Gasteiger partial charge in [0, 0.05) is 41.0 Å². The summed E-state index contributed by atoms with van der Waals surface area (Å²) in [5.41, 5.74) is 1.55. The molecule has 34 heavy (non-hydrogen) atoms. The van der Waals surface area contributed by atoms with E-state index in [0.29, 0.717) is 12.5 Å². The lowest BCUT2D eigenvalue weighted by Gasteiger charge is -2.48. The van der Waals surface area contributed by atoms with Crippen LogP contribution in [0.15, 0.2) is 54.9 Å². The second-order valence-electron chi connectivity index (χ2n) is 9.19. The number of amides is 2. The topological polar surface area (TPSA) is 72.5 Å². The smallest absolute Gasteiger partial charge is 0.319 e. The lowest BCUT2D eigenvalue weighted by atomic mass is 9.73. The normalized spacial score (nSPS) is 18.0. The van der Waals surface area contributed by atoms with Crippen molar-refractivity contribution in [1.29, 1.82) is 0 Å². The summed E-state index contributed by atoms with van der Waals surface area (Å²) in [4.78, 5) is 17.3. The maximum atomic E-state index is 13.1. The van der Waals surface area contributed by atoms with E-state index in [1.165, 1.54) is 0 Å². The summed E-state index contributed by atoms with van der Waals surface area (Å²) < 4.78 is 12.4. The average molecular weight is 480 g/mol.